The third kappa shape index (κ3) is 7.97. The first-order valence-corrected chi connectivity index (χ1v) is 13.2. The molecule has 2 amide bonds. The number of amides is 2. The molecular weight excluding hydrogens is 874 g/mol. The van der Waals surface area contributed by atoms with Crippen LogP contribution in [0, 0.1) is 14.3 Å². The van der Waals surface area contributed by atoms with Crippen molar-refractivity contribution in [3.05, 3.63) is 44.1 Å². The highest BCUT2D eigenvalue weighted by Gasteiger charge is 2.22. The molecule has 0 aromatic heterocycles. The Morgan fingerprint density at radius 3 is 2.03 bits per heavy atom. The van der Waals surface area contributed by atoms with Gasteiger partial charge in [-0.1, -0.05) is 0 Å². The summed E-state index contributed by atoms with van der Waals surface area (Å²) in [5.74, 6) is -0.961. The third-order valence-corrected chi connectivity index (χ3v) is 7.22. The van der Waals surface area contributed by atoms with E-state index < -0.39 is 23.8 Å². The lowest BCUT2D eigenvalue weighted by atomic mass is 10.1. The number of phenolic OH excluding ortho intramolecular Hbond substituents is 1. The number of carbonyl (C=O) groups is 3. The number of ether oxygens (including phenoxy) is 1. The number of aliphatic carboxylic acids is 1. The lowest BCUT2D eigenvalue weighted by Crippen LogP contribution is -2.47. The summed E-state index contributed by atoms with van der Waals surface area (Å²) in [6.45, 7) is -0.616. The van der Waals surface area contributed by atoms with E-state index in [2.05, 4.69) is 55.8 Å². The first kappa shape index (κ1) is 27.6. The standard InChI is InChI=1S/C19H17I4N3O6/c20-10-4-9(5-11(21)17(10)29)32-18-12(22)1-8(2-13(18)23)3-14(19(30)31)26-16(28)7-25-15(27)6-24/h1-2,4-5,14,29H,3,6-7,24H2,(H,25,27)(H,26,28)(H,30,31). The van der Waals surface area contributed by atoms with Gasteiger partial charge >= 0.3 is 5.97 Å². The number of nitrogens with one attached hydrogen (secondary N) is 2. The van der Waals surface area contributed by atoms with E-state index in [4.69, 9.17) is 10.5 Å². The van der Waals surface area contributed by atoms with E-state index in [-0.39, 0.29) is 25.3 Å². The van der Waals surface area contributed by atoms with Crippen LogP contribution in [-0.2, 0) is 20.8 Å². The molecule has 0 radical (unpaired) electrons. The number of hydrogen-bond donors (Lipinski definition) is 5. The van der Waals surface area contributed by atoms with E-state index in [1.54, 1.807) is 24.3 Å². The molecule has 32 heavy (non-hydrogen) atoms. The number of hydrogen-bond acceptors (Lipinski definition) is 6. The van der Waals surface area contributed by atoms with Crippen molar-refractivity contribution in [3.8, 4) is 17.2 Å². The summed E-state index contributed by atoms with van der Waals surface area (Å²) >= 11 is 8.25. The van der Waals surface area contributed by atoms with Crippen molar-refractivity contribution in [1.29, 1.82) is 0 Å². The Hall–Kier alpha value is -0.670. The molecular formula is C19H17I4N3O6. The van der Waals surface area contributed by atoms with E-state index >= 15 is 0 Å². The number of halogens is 4. The van der Waals surface area contributed by atoms with Crippen LogP contribution in [0.25, 0.3) is 0 Å². The zero-order chi connectivity index (χ0) is 24.0. The molecule has 0 heterocycles. The molecule has 2 aromatic rings. The fraction of sp³-hybridized carbons (Fsp3) is 0.211. The molecule has 1 unspecified atom stereocenters. The Kier molecular flexibility index (Phi) is 10.9. The Morgan fingerprint density at radius 1 is 0.969 bits per heavy atom. The maximum absolute atomic E-state index is 12.0. The van der Waals surface area contributed by atoms with Crippen molar-refractivity contribution < 1.29 is 29.3 Å². The molecule has 0 aliphatic rings. The number of carboxylic acids is 1. The first-order valence-electron chi connectivity index (χ1n) is 8.84. The maximum Gasteiger partial charge on any atom is 0.326 e. The molecule has 0 saturated carbocycles. The number of carbonyl (C=O) groups excluding carboxylic acids is 2. The molecule has 6 N–H and O–H groups in total. The third-order valence-electron chi connectivity index (χ3n) is 3.97. The Labute approximate surface area is 238 Å². The molecule has 0 aliphatic heterocycles. The SMILES string of the molecule is NCC(=O)NCC(=O)NC(Cc1cc(I)c(Oc2cc(I)c(O)c(I)c2)c(I)c1)C(=O)O. The van der Waals surface area contributed by atoms with Crippen LogP contribution in [-0.4, -0.2) is 47.1 Å². The summed E-state index contributed by atoms with van der Waals surface area (Å²) < 4.78 is 8.86. The number of rotatable bonds is 9. The van der Waals surface area contributed by atoms with Crippen molar-refractivity contribution in [2.45, 2.75) is 12.5 Å². The predicted octanol–water partition coefficient (Wildman–Crippen LogP) is 2.79. The highest BCUT2D eigenvalue weighted by Crippen LogP contribution is 2.36. The van der Waals surface area contributed by atoms with Gasteiger partial charge in [-0.3, -0.25) is 9.59 Å². The number of phenols is 1. The van der Waals surface area contributed by atoms with Crippen molar-refractivity contribution >= 4 is 108 Å². The lowest BCUT2D eigenvalue weighted by molar-refractivity contribution is -0.141. The van der Waals surface area contributed by atoms with E-state index in [1.165, 1.54) is 0 Å². The second-order valence-electron chi connectivity index (χ2n) is 6.37. The average molecular weight is 891 g/mol. The minimum Gasteiger partial charge on any atom is -0.506 e. The quantitative estimate of drug-likeness (QED) is 0.243. The van der Waals surface area contributed by atoms with Gasteiger partial charge in [0.25, 0.3) is 0 Å². The summed E-state index contributed by atoms with van der Waals surface area (Å²) in [7, 11) is 0. The van der Waals surface area contributed by atoms with Crippen LogP contribution in [0.5, 0.6) is 17.2 Å². The first-order chi connectivity index (χ1) is 15.0. The van der Waals surface area contributed by atoms with Crippen molar-refractivity contribution in [3.63, 3.8) is 0 Å². The van der Waals surface area contributed by atoms with Crippen LogP contribution < -0.4 is 21.1 Å². The topological polar surface area (TPSA) is 151 Å². The smallest absolute Gasteiger partial charge is 0.326 e. The van der Waals surface area contributed by atoms with Gasteiger partial charge in [0.1, 0.15) is 17.5 Å². The summed E-state index contributed by atoms with van der Waals surface area (Å²) in [4.78, 5) is 34.8. The molecule has 13 heteroatoms. The molecule has 0 spiro atoms. The Bertz CT molecular complexity index is 1000. The minimum absolute atomic E-state index is 0.0488. The van der Waals surface area contributed by atoms with Gasteiger partial charge in [0.15, 0.2) is 5.75 Å². The van der Waals surface area contributed by atoms with Gasteiger partial charge in [0, 0.05) is 6.42 Å². The van der Waals surface area contributed by atoms with Crippen molar-refractivity contribution in [1.82, 2.24) is 10.6 Å². The van der Waals surface area contributed by atoms with Gasteiger partial charge in [-0.2, -0.15) is 0 Å². The van der Waals surface area contributed by atoms with Crippen LogP contribution in [0.1, 0.15) is 5.56 Å². The number of carboxylic acid groups (broad SMARTS) is 1. The van der Waals surface area contributed by atoms with Crippen LogP contribution >= 0.6 is 90.4 Å². The van der Waals surface area contributed by atoms with Crippen LogP contribution in [0.3, 0.4) is 0 Å². The predicted molar refractivity (Wildman–Crippen MR) is 151 cm³/mol. The summed E-state index contributed by atoms with van der Waals surface area (Å²) in [5.41, 5.74) is 5.85. The zero-order valence-corrected chi connectivity index (χ0v) is 24.8. The van der Waals surface area contributed by atoms with Gasteiger partial charge in [-0.25, -0.2) is 4.79 Å². The molecule has 0 bridgehead atoms. The van der Waals surface area contributed by atoms with Gasteiger partial charge in [0.2, 0.25) is 11.8 Å². The number of nitrogens with two attached hydrogens (primary N) is 1. The van der Waals surface area contributed by atoms with Crippen LogP contribution in [0.15, 0.2) is 24.3 Å². The molecule has 0 aliphatic carbocycles. The second kappa shape index (κ2) is 12.7. The summed E-state index contributed by atoms with van der Waals surface area (Å²) in [6, 6.07) is 5.84. The van der Waals surface area contributed by atoms with Gasteiger partial charge in [0.05, 0.1) is 27.4 Å². The van der Waals surface area contributed by atoms with Crippen molar-refractivity contribution in [2.75, 3.05) is 13.1 Å². The van der Waals surface area contributed by atoms with Gasteiger partial charge in [-0.15, -0.1) is 0 Å². The lowest BCUT2D eigenvalue weighted by Gasteiger charge is -2.17. The largest absolute Gasteiger partial charge is 0.506 e. The monoisotopic (exact) mass is 891 g/mol. The normalized spacial score (nSPS) is 11.5. The molecule has 2 aromatic carbocycles. The van der Waals surface area contributed by atoms with Gasteiger partial charge < -0.3 is 31.3 Å². The summed E-state index contributed by atoms with van der Waals surface area (Å²) in [6.07, 6.45) is 0.0488. The molecule has 9 nitrogen and oxygen atoms in total. The number of aromatic hydroxyl groups is 1. The Morgan fingerprint density at radius 2 is 1.53 bits per heavy atom. The van der Waals surface area contributed by atoms with E-state index in [1.807, 2.05) is 45.2 Å². The van der Waals surface area contributed by atoms with Crippen LogP contribution in [0.4, 0.5) is 0 Å². The highest BCUT2D eigenvalue weighted by atomic mass is 127. The fourth-order valence-electron chi connectivity index (χ4n) is 2.48. The molecule has 1 atom stereocenters. The number of benzene rings is 2. The van der Waals surface area contributed by atoms with Crippen LogP contribution in [0.2, 0.25) is 0 Å². The summed E-state index contributed by atoms with van der Waals surface area (Å²) in [5, 5.41) is 24.1. The molecule has 172 valence electrons. The molecule has 0 fully saturated rings. The van der Waals surface area contributed by atoms with E-state index in [0.29, 0.717) is 24.2 Å². The Balaban J connectivity index is 2.16. The zero-order valence-electron chi connectivity index (χ0n) is 16.1. The highest BCUT2D eigenvalue weighted by molar-refractivity contribution is 14.1. The van der Waals surface area contributed by atoms with E-state index in [9.17, 15) is 24.6 Å². The minimum atomic E-state index is -1.19. The van der Waals surface area contributed by atoms with E-state index in [0.717, 1.165) is 7.14 Å². The second-order valence-corrected chi connectivity index (χ2v) is 11.0. The average Bonchev–Trinajstić information content (AvgIpc) is 2.72. The fourth-order valence-corrected chi connectivity index (χ4v) is 6.31. The molecule has 0 saturated heterocycles. The molecule has 2 rings (SSSR count). The maximum atomic E-state index is 12.0. The van der Waals surface area contributed by atoms with Crippen molar-refractivity contribution in [2.24, 2.45) is 5.73 Å². The van der Waals surface area contributed by atoms with Gasteiger partial charge in [-0.05, 0) is 120 Å².